The zero-order chi connectivity index (χ0) is 39.2. The van der Waals surface area contributed by atoms with Crippen LogP contribution in [0.1, 0.15) is 41.6 Å². The highest BCUT2D eigenvalue weighted by atomic mass is 35.5. The first-order valence-corrected chi connectivity index (χ1v) is 22.5. The number of benzene rings is 4. The van der Waals surface area contributed by atoms with Crippen LogP contribution in [0.2, 0.25) is 23.7 Å². The van der Waals surface area contributed by atoms with E-state index in [0.29, 0.717) is 36.8 Å². The Morgan fingerprint density at radius 2 is 1.80 bits per heavy atom. The quantitative estimate of drug-likeness (QED) is 0.136. The van der Waals surface area contributed by atoms with E-state index in [4.69, 9.17) is 25.8 Å². The van der Waals surface area contributed by atoms with Crippen LogP contribution in [0.3, 0.4) is 0 Å². The summed E-state index contributed by atoms with van der Waals surface area (Å²) in [6, 6.07) is 31.4. The second-order valence-corrected chi connectivity index (χ2v) is 20.6. The van der Waals surface area contributed by atoms with Crippen LogP contribution < -0.4 is 19.7 Å². The Morgan fingerprint density at radius 1 is 1.02 bits per heavy atom. The van der Waals surface area contributed by atoms with Crippen molar-refractivity contribution < 1.29 is 28.9 Å². The standard InChI is InChI=1S/C43H46ClN5O6Si/c1-28-40(56(3,4)34-16-14-33(53-2)15-17-34)39(19-20-47-26-37(45-46-47)35(27-50)30-10-6-5-7-11-30)55-43(28)36-24-31(44)13-18-38(36)49(41(43)51)25-29-9-8-12-32(23-29)48-21-22-54-42(48)52/h5-18,23-24,26,28,35,39-40,50H,19-22,25,27H2,1-4H3/t28-,35?,39+,40-,43+/m1/s1. The monoisotopic (exact) mass is 791 g/mol. The molecule has 1 N–H and O–H groups in total. The molecule has 4 heterocycles. The number of aliphatic hydroxyl groups excluding tert-OH is 1. The maximum Gasteiger partial charge on any atom is 0.414 e. The number of aliphatic hydroxyl groups is 1. The molecule has 2 amide bonds. The molecule has 3 aliphatic heterocycles. The fourth-order valence-electron chi connectivity index (χ4n) is 9.24. The van der Waals surface area contributed by atoms with Crippen molar-refractivity contribution in [1.82, 2.24) is 15.0 Å². The number of methoxy groups -OCH3 is 1. The minimum absolute atomic E-state index is 0.00799. The molecule has 8 rings (SSSR count). The topological polar surface area (TPSA) is 119 Å². The van der Waals surface area contributed by atoms with Crippen LogP contribution in [0, 0.1) is 5.92 Å². The van der Waals surface area contributed by atoms with E-state index in [2.05, 4.69) is 42.5 Å². The van der Waals surface area contributed by atoms with Crippen molar-refractivity contribution in [1.29, 1.82) is 0 Å². The normalized spacial score (nSPS) is 22.5. The van der Waals surface area contributed by atoms with E-state index in [9.17, 15) is 9.90 Å². The van der Waals surface area contributed by atoms with Gasteiger partial charge in [0.25, 0.3) is 5.91 Å². The highest BCUT2D eigenvalue weighted by Crippen LogP contribution is 2.60. The number of fused-ring (bicyclic) bond motifs is 2. The zero-order valence-electron chi connectivity index (χ0n) is 32.0. The van der Waals surface area contributed by atoms with E-state index >= 15 is 4.79 Å². The Hall–Kier alpha value is -5.01. The number of cyclic esters (lactones) is 1. The molecule has 56 heavy (non-hydrogen) atoms. The summed E-state index contributed by atoms with van der Waals surface area (Å²) in [4.78, 5) is 31.1. The summed E-state index contributed by atoms with van der Waals surface area (Å²) in [5.74, 6) is 0.145. The van der Waals surface area contributed by atoms with E-state index in [1.165, 1.54) is 5.19 Å². The van der Waals surface area contributed by atoms with E-state index in [0.717, 1.165) is 33.8 Å². The highest BCUT2D eigenvalue weighted by molar-refractivity contribution is 6.91. The van der Waals surface area contributed by atoms with Crippen molar-refractivity contribution >= 4 is 48.2 Å². The van der Waals surface area contributed by atoms with Crippen LogP contribution in [-0.4, -0.2) is 73.1 Å². The van der Waals surface area contributed by atoms with E-state index in [1.807, 2.05) is 101 Å². The van der Waals surface area contributed by atoms with Crippen LogP contribution >= 0.6 is 11.6 Å². The van der Waals surface area contributed by atoms with Crippen molar-refractivity contribution in [2.45, 2.75) is 62.7 Å². The molecule has 2 saturated heterocycles. The van der Waals surface area contributed by atoms with Gasteiger partial charge >= 0.3 is 6.09 Å². The molecule has 1 unspecified atom stereocenters. The van der Waals surface area contributed by atoms with Gasteiger partial charge < -0.3 is 24.2 Å². The van der Waals surface area contributed by atoms with Gasteiger partial charge in [0.2, 0.25) is 0 Å². The Morgan fingerprint density at radius 3 is 2.52 bits per heavy atom. The molecule has 0 bridgehead atoms. The molecule has 290 valence electrons. The molecule has 5 atom stereocenters. The predicted octanol–water partition coefficient (Wildman–Crippen LogP) is 6.87. The Kier molecular flexibility index (Phi) is 10.2. The Balaban J connectivity index is 1.15. The number of ether oxygens (including phenoxy) is 3. The average molecular weight is 792 g/mol. The van der Waals surface area contributed by atoms with E-state index in [1.54, 1.807) is 12.0 Å². The second kappa shape index (κ2) is 15.1. The molecular formula is C43H46ClN5O6Si. The number of aromatic nitrogens is 3. The Labute approximate surface area is 332 Å². The first kappa shape index (κ1) is 37.9. The maximum absolute atomic E-state index is 15.3. The third-order valence-electron chi connectivity index (χ3n) is 12.1. The predicted molar refractivity (Wildman–Crippen MR) is 217 cm³/mol. The van der Waals surface area contributed by atoms with Gasteiger partial charge in [-0.15, -0.1) is 5.10 Å². The fourth-order valence-corrected chi connectivity index (χ4v) is 13.5. The van der Waals surface area contributed by atoms with E-state index < -0.39 is 13.7 Å². The minimum Gasteiger partial charge on any atom is -0.497 e. The maximum atomic E-state index is 15.3. The van der Waals surface area contributed by atoms with Crippen molar-refractivity contribution in [3.05, 3.63) is 131 Å². The lowest BCUT2D eigenvalue weighted by atomic mass is 9.82. The lowest BCUT2D eigenvalue weighted by Crippen LogP contribution is -2.51. The molecule has 13 heteroatoms. The van der Waals surface area contributed by atoms with Crippen molar-refractivity contribution in [3.8, 4) is 5.75 Å². The number of rotatable bonds is 12. The summed E-state index contributed by atoms with van der Waals surface area (Å²) in [6.07, 6.45) is 1.79. The zero-order valence-corrected chi connectivity index (χ0v) is 33.7. The van der Waals surface area contributed by atoms with Gasteiger partial charge in [-0.1, -0.05) is 96.6 Å². The first-order valence-electron chi connectivity index (χ1n) is 19.1. The number of amides is 2. The molecule has 3 aliphatic rings. The number of hydrogen-bond acceptors (Lipinski definition) is 8. The van der Waals surface area contributed by atoms with Gasteiger partial charge in [-0.25, -0.2) is 4.79 Å². The third kappa shape index (κ3) is 6.57. The summed E-state index contributed by atoms with van der Waals surface area (Å²) < 4.78 is 19.8. The van der Waals surface area contributed by atoms with E-state index in [-0.39, 0.29) is 48.6 Å². The Bertz CT molecular complexity index is 2240. The van der Waals surface area contributed by atoms with Gasteiger partial charge in [0.15, 0.2) is 5.60 Å². The van der Waals surface area contributed by atoms with Crippen molar-refractivity contribution in [2.24, 2.45) is 5.92 Å². The largest absolute Gasteiger partial charge is 0.497 e. The van der Waals surface area contributed by atoms with Gasteiger partial charge in [0.05, 0.1) is 58.3 Å². The van der Waals surface area contributed by atoms with Gasteiger partial charge in [-0.3, -0.25) is 14.4 Å². The third-order valence-corrected chi connectivity index (χ3v) is 16.7. The van der Waals surface area contributed by atoms with Crippen LogP contribution in [0.5, 0.6) is 5.75 Å². The van der Waals surface area contributed by atoms with Crippen LogP contribution in [0.15, 0.2) is 103 Å². The number of carbonyl (C=O) groups excluding carboxylic acids is 2. The minimum atomic E-state index is -2.40. The molecule has 0 aliphatic carbocycles. The lowest BCUT2D eigenvalue weighted by molar-refractivity contribution is -0.146. The number of halogens is 1. The molecule has 0 radical (unpaired) electrons. The highest BCUT2D eigenvalue weighted by Gasteiger charge is 2.66. The summed E-state index contributed by atoms with van der Waals surface area (Å²) in [6.45, 7) is 8.39. The van der Waals surface area contributed by atoms with Crippen LogP contribution in [-0.2, 0) is 33.0 Å². The molecule has 1 spiro atoms. The molecule has 2 fully saturated rings. The van der Waals surface area contributed by atoms with Crippen LogP contribution in [0.25, 0.3) is 0 Å². The van der Waals surface area contributed by atoms with Gasteiger partial charge in [-0.05, 0) is 65.6 Å². The molecule has 5 aromatic rings. The van der Waals surface area contributed by atoms with Crippen molar-refractivity contribution in [2.75, 3.05) is 36.7 Å². The number of anilines is 2. The molecule has 4 aromatic carbocycles. The molecule has 1 aromatic heterocycles. The van der Waals surface area contributed by atoms with Crippen LogP contribution in [0.4, 0.5) is 16.2 Å². The lowest BCUT2D eigenvalue weighted by Gasteiger charge is -2.37. The summed E-state index contributed by atoms with van der Waals surface area (Å²) in [5.41, 5.74) is 3.51. The second-order valence-electron chi connectivity index (χ2n) is 15.5. The SMILES string of the molecule is COc1ccc([Si](C)(C)[C@H]2[C@H](CCn3cc(C(CO)c4ccccc4)nn3)O[C@@]3(C(=O)N(Cc4cccc(N5CCOC5=O)c4)c4ccc(Cl)cc43)[C@@H]2C)cc1. The number of hydrogen-bond donors (Lipinski definition) is 1. The summed E-state index contributed by atoms with van der Waals surface area (Å²) in [7, 11) is -0.738. The molecular weight excluding hydrogens is 746 g/mol. The molecule has 0 saturated carbocycles. The number of aryl methyl sites for hydroxylation is 1. The number of carbonyl (C=O) groups is 2. The van der Waals surface area contributed by atoms with Gasteiger partial charge in [-0.2, -0.15) is 0 Å². The molecule has 11 nitrogen and oxygen atoms in total. The van der Waals surface area contributed by atoms with Gasteiger partial charge in [0.1, 0.15) is 12.4 Å². The first-order chi connectivity index (χ1) is 27.0. The smallest absolute Gasteiger partial charge is 0.414 e. The summed E-state index contributed by atoms with van der Waals surface area (Å²) in [5, 5.41) is 21.0. The number of nitrogens with zero attached hydrogens (tertiary/aromatic N) is 5. The summed E-state index contributed by atoms with van der Waals surface area (Å²) >= 11 is 6.73. The van der Waals surface area contributed by atoms with Crippen molar-refractivity contribution in [3.63, 3.8) is 0 Å². The van der Waals surface area contributed by atoms with Gasteiger partial charge in [0, 0.05) is 34.9 Å². The average Bonchev–Trinajstić information content (AvgIpc) is 3.98. The fraction of sp³-hybridized carbons (Fsp3) is 0.349.